The number of fused-ring (bicyclic) bond motifs is 1. The van der Waals surface area contributed by atoms with Gasteiger partial charge < -0.3 is 15.4 Å². The van der Waals surface area contributed by atoms with Crippen LogP contribution in [0.25, 0.3) is 0 Å². The first kappa shape index (κ1) is 9.98. The van der Waals surface area contributed by atoms with E-state index in [1.165, 1.54) is 12.7 Å². The first-order valence-corrected chi connectivity index (χ1v) is 4.90. The Morgan fingerprint density at radius 1 is 1.60 bits per heavy atom. The van der Waals surface area contributed by atoms with Gasteiger partial charge in [0, 0.05) is 25.0 Å². The van der Waals surface area contributed by atoms with Crippen molar-refractivity contribution in [3.63, 3.8) is 0 Å². The number of amides is 1. The van der Waals surface area contributed by atoms with Crippen LogP contribution in [0.4, 0.5) is 11.4 Å². The molecular weight excluding hydrogens is 192 g/mol. The molecular formula is C11H14N2O2. The molecule has 1 amide bonds. The van der Waals surface area contributed by atoms with Crippen molar-refractivity contribution < 1.29 is 9.53 Å². The number of rotatable bonds is 2. The number of nitrogens with two attached hydrogens (primary N) is 1. The summed E-state index contributed by atoms with van der Waals surface area (Å²) in [4.78, 5) is 13.4. The molecule has 0 saturated heterocycles. The van der Waals surface area contributed by atoms with Gasteiger partial charge in [0.2, 0.25) is 0 Å². The minimum absolute atomic E-state index is 0.0122. The van der Waals surface area contributed by atoms with E-state index in [9.17, 15) is 4.79 Å². The van der Waals surface area contributed by atoms with Crippen LogP contribution in [0, 0.1) is 0 Å². The lowest BCUT2D eigenvalue weighted by Crippen LogP contribution is -2.32. The van der Waals surface area contributed by atoms with Gasteiger partial charge in [-0.25, -0.2) is 0 Å². The zero-order chi connectivity index (χ0) is 10.8. The van der Waals surface area contributed by atoms with Gasteiger partial charge in [-0.15, -0.1) is 0 Å². The molecule has 0 saturated carbocycles. The first-order chi connectivity index (χ1) is 7.22. The lowest BCUT2D eigenvalue weighted by atomic mass is 10.1. The third kappa shape index (κ3) is 1.80. The molecule has 80 valence electrons. The zero-order valence-electron chi connectivity index (χ0n) is 8.69. The van der Waals surface area contributed by atoms with Gasteiger partial charge in [0.15, 0.2) is 0 Å². The van der Waals surface area contributed by atoms with Gasteiger partial charge in [-0.3, -0.25) is 4.79 Å². The summed E-state index contributed by atoms with van der Waals surface area (Å²) in [5.74, 6) is -0.0122. The third-order valence-electron chi connectivity index (χ3n) is 2.57. The van der Waals surface area contributed by atoms with Crippen molar-refractivity contribution in [3.8, 4) is 0 Å². The fourth-order valence-electron chi connectivity index (χ4n) is 1.86. The first-order valence-electron chi connectivity index (χ1n) is 4.90. The highest BCUT2D eigenvalue weighted by atomic mass is 16.5. The van der Waals surface area contributed by atoms with Crippen LogP contribution in [0.3, 0.4) is 0 Å². The average molecular weight is 206 g/mol. The monoisotopic (exact) mass is 206 g/mol. The van der Waals surface area contributed by atoms with E-state index >= 15 is 0 Å². The SMILES string of the molecule is COCC(=O)N1CCc2ccc(N)cc21. The Morgan fingerprint density at radius 2 is 2.40 bits per heavy atom. The van der Waals surface area contributed by atoms with Gasteiger partial charge in [0.05, 0.1) is 0 Å². The van der Waals surface area contributed by atoms with E-state index < -0.39 is 0 Å². The molecule has 2 N–H and O–H groups in total. The largest absolute Gasteiger partial charge is 0.399 e. The molecule has 4 heteroatoms. The van der Waals surface area contributed by atoms with Crippen molar-refractivity contribution in [1.29, 1.82) is 0 Å². The molecule has 0 radical (unpaired) electrons. The third-order valence-corrected chi connectivity index (χ3v) is 2.57. The summed E-state index contributed by atoms with van der Waals surface area (Å²) in [7, 11) is 1.52. The predicted octanol–water partition coefficient (Wildman–Crippen LogP) is 0.804. The second kappa shape index (κ2) is 3.90. The standard InChI is InChI=1S/C11H14N2O2/c1-15-7-11(14)13-5-4-8-2-3-9(12)6-10(8)13/h2-3,6H,4-5,7,12H2,1H3. The Balaban J connectivity index is 2.27. The molecule has 0 spiro atoms. The van der Waals surface area contributed by atoms with Crippen molar-refractivity contribution >= 4 is 17.3 Å². The van der Waals surface area contributed by atoms with E-state index in [0.29, 0.717) is 5.69 Å². The summed E-state index contributed by atoms with van der Waals surface area (Å²) in [6.45, 7) is 0.842. The molecule has 1 heterocycles. The molecule has 1 aromatic carbocycles. The summed E-state index contributed by atoms with van der Waals surface area (Å²) in [6.07, 6.45) is 0.894. The second-order valence-electron chi connectivity index (χ2n) is 3.62. The van der Waals surface area contributed by atoms with Crippen molar-refractivity contribution in [1.82, 2.24) is 0 Å². The minimum atomic E-state index is -0.0122. The van der Waals surface area contributed by atoms with E-state index in [-0.39, 0.29) is 12.5 Å². The van der Waals surface area contributed by atoms with Gasteiger partial charge >= 0.3 is 0 Å². The van der Waals surface area contributed by atoms with Gasteiger partial charge in [0.1, 0.15) is 6.61 Å². The molecule has 0 fully saturated rings. The molecule has 2 rings (SSSR count). The average Bonchev–Trinajstić information content (AvgIpc) is 2.60. The van der Waals surface area contributed by atoms with Crippen LogP contribution < -0.4 is 10.6 Å². The molecule has 1 aliphatic rings. The van der Waals surface area contributed by atoms with Crippen LogP contribution >= 0.6 is 0 Å². The molecule has 0 atom stereocenters. The van der Waals surface area contributed by atoms with Gasteiger partial charge in [-0.2, -0.15) is 0 Å². The quantitative estimate of drug-likeness (QED) is 0.728. The number of hydrogen-bond donors (Lipinski definition) is 1. The summed E-state index contributed by atoms with van der Waals surface area (Å²) in [5.41, 5.74) is 8.49. The van der Waals surface area contributed by atoms with E-state index in [2.05, 4.69) is 0 Å². The zero-order valence-corrected chi connectivity index (χ0v) is 8.69. The number of ether oxygens (including phenoxy) is 1. The van der Waals surface area contributed by atoms with Crippen molar-refractivity contribution in [2.75, 3.05) is 30.9 Å². The smallest absolute Gasteiger partial charge is 0.252 e. The van der Waals surface area contributed by atoms with Crippen LogP contribution in [0.1, 0.15) is 5.56 Å². The summed E-state index contributed by atoms with van der Waals surface area (Å²) >= 11 is 0. The Morgan fingerprint density at radius 3 is 3.13 bits per heavy atom. The second-order valence-corrected chi connectivity index (χ2v) is 3.62. The van der Waals surface area contributed by atoms with Crippen molar-refractivity contribution in [3.05, 3.63) is 23.8 Å². The molecule has 15 heavy (non-hydrogen) atoms. The highest BCUT2D eigenvalue weighted by Crippen LogP contribution is 2.29. The minimum Gasteiger partial charge on any atom is -0.399 e. The van der Waals surface area contributed by atoms with E-state index in [1.807, 2.05) is 18.2 Å². The number of benzene rings is 1. The topological polar surface area (TPSA) is 55.6 Å². The molecule has 1 aliphatic heterocycles. The number of nitrogens with zero attached hydrogens (tertiary/aromatic N) is 1. The molecule has 0 aromatic heterocycles. The molecule has 1 aromatic rings. The normalized spacial score (nSPS) is 14.1. The number of carbonyl (C=O) groups is 1. The maximum atomic E-state index is 11.7. The van der Waals surface area contributed by atoms with Crippen molar-refractivity contribution in [2.45, 2.75) is 6.42 Å². The number of hydrogen-bond acceptors (Lipinski definition) is 3. The Hall–Kier alpha value is -1.55. The van der Waals surface area contributed by atoms with Gasteiger partial charge in [-0.1, -0.05) is 6.07 Å². The Kier molecular flexibility index (Phi) is 2.60. The molecule has 0 unspecified atom stereocenters. The number of nitrogen functional groups attached to an aromatic ring is 1. The van der Waals surface area contributed by atoms with Gasteiger partial charge in [-0.05, 0) is 24.1 Å². The highest BCUT2D eigenvalue weighted by molar-refractivity contribution is 5.96. The summed E-state index contributed by atoms with van der Waals surface area (Å²) in [5, 5.41) is 0. The van der Waals surface area contributed by atoms with Crippen LogP contribution in [0.15, 0.2) is 18.2 Å². The van der Waals surface area contributed by atoms with Gasteiger partial charge in [0.25, 0.3) is 5.91 Å². The van der Waals surface area contributed by atoms with E-state index in [4.69, 9.17) is 10.5 Å². The molecule has 0 bridgehead atoms. The van der Waals surface area contributed by atoms with Crippen molar-refractivity contribution in [2.24, 2.45) is 0 Å². The lowest BCUT2D eigenvalue weighted by Gasteiger charge is -2.16. The number of methoxy groups -OCH3 is 1. The lowest BCUT2D eigenvalue weighted by molar-refractivity contribution is -0.122. The molecule has 4 nitrogen and oxygen atoms in total. The summed E-state index contributed by atoms with van der Waals surface area (Å²) < 4.78 is 4.84. The summed E-state index contributed by atoms with van der Waals surface area (Å²) in [6, 6.07) is 5.68. The fraction of sp³-hybridized carbons (Fsp3) is 0.364. The predicted molar refractivity (Wildman–Crippen MR) is 58.8 cm³/mol. The maximum Gasteiger partial charge on any atom is 0.252 e. The van der Waals surface area contributed by atoms with Crippen LogP contribution in [-0.4, -0.2) is 26.2 Å². The Bertz CT molecular complexity index is 390. The van der Waals surface area contributed by atoms with Crippen LogP contribution in [0.2, 0.25) is 0 Å². The number of carbonyl (C=O) groups excluding carboxylic acids is 1. The fourth-order valence-corrected chi connectivity index (χ4v) is 1.86. The van der Waals surface area contributed by atoms with E-state index in [0.717, 1.165) is 18.7 Å². The molecule has 0 aliphatic carbocycles. The maximum absolute atomic E-state index is 11.7. The Labute approximate surface area is 88.6 Å². The van der Waals surface area contributed by atoms with Crippen LogP contribution in [0.5, 0.6) is 0 Å². The highest BCUT2D eigenvalue weighted by Gasteiger charge is 2.24. The number of anilines is 2. The van der Waals surface area contributed by atoms with Crippen LogP contribution in [-0.2, 0) is 16.0 Å². The van der Waals surface area contributed by atoms with E-state index in [1.54, 1.807) is 4.90 Å².